The molecule has 2 aliphatic rings. The molecule has 0 spiro atoms. The number of thiophene rings is 1. The zero-order valence-corrected chi connectivity index (χ0v) is 15.1. The molecule has 2 unspecified atom stereocenters. The Morgan fingerprint density at radius 3 is 2.73 bits per heavy atom. The smallest absolute Gasteiger partial charge is 0.255 e. The Kier molecular flexibility index (Phi) is 5.34. The fourth-order valence-electron chi connectivity index (χ4n) is 3.81. The number of nitrogens with zero attached hydrogens (tertiary/aromatic N) is 1. The molecular weight excluding hydrogens is 362 g/mol. The van der Waals surface area contributed by atoms with Crippen molar-refractivity contribution in [1.82, 2.24) is 4.90 Å². The van der Waals surface area contributed by atoms with Crippen molar-refractivity contribution in [2.24, 2.45) is 5.92 Å². The molecule has 0 radical (unpaired) electrons. The Bertz CT molecular complexity index is 557. The molecule has 2 heterocycles. The number of hydrogen-bond acceptors (Lipinski definition) is 3. The minimum atomic E-state index is 0.0675. The van der Waals surface area contributed by atoms with E-state index in [-0.39, 0.29) is 17.9 Å². The van der Waals surface area contributed by atoms with E-state index in [1.54, 1.807) is 11.3 Å². The van der Waals surface area contributed by atoms with Gasteiger partial charge < -0.3 is 4.90 Å². The van der Waals surface area contributed by atoms with Gasteiger partial charge in [0, 0.05) is 30.3 Å². The van der Waals surface area contributed by atoms with Crippen molar-refractivity contribution < 1.29 is 9.59 Å². The van der Waals surface area contributed by atoms with Crippen LogP contribution in [0.15, 0.2) is 15.2 Å². The standard InChI is InChI=1S/C17H22BrNO2S/c18-16-10-12(11-22-16)17(21)19-9-5-1-2-7-14(19)13-6-3-4-8-15(13)20/h10-11,13-14H,1-9H2. The molecule has 3 nitrogen and oxygen atoms in total. The van der Waals surface area contributed by atoms with Crippen LogP contribution in [0.2, 0.25) is 0 Å². The maximum atomic E-state index is 12.9. The van der Waals surface area contributed by atoms with Gasteiger partial charge in [0.15, 0.2) is 0 Å². The number of halogens is 1. The molecule has 5 heteroatoms. The largest absolute Gasteiger partial charge is 0.335 e. The summed E-state index contributed by atoms with van der Waals surface area (Å²) in [5, 5.41) is 1.91. The van der Waals surface area contributed by atoms with Crippen molar-refractivity contribution in [3.8, 4) is 0 Å². The predicted octanol–water partition coefficient (Wildman–Crippen LogP) is 4.65. The summed E-state index contributed by atoms with van der Waals surface area (Å²) >= 11 is 4.98. The first kappa shape index (κ1) is 16.2. The van der Waals surface area contributed by atoms with Gasteiger partial charge in [0.25, 0.3) is 5.91 Å². The van der Waals surface area contributed by atoms with Crippen LogP contribution in [0.25, 0.3) is 0 Å². The van der Waals surface area contributed by atoms with Crippen LogP contribution in [0.3, 0.4) is 0 Å². The first-order chi connectivity index (χ1) is 10.7. The first-order valence-electron chi connectivity index (χ1n) is 8.24. The predicted molar refractivity (Wildman–Crippen MR) is 92.3 cm³/mol. The van der Waals surface area contributed by atoms with E-state index in [2.05, 4.69) is 15.9 Å². The van der Waals surface area contributed by atoms with E-state index in [9.17, 15) is 9.59 Å². The van der Waals surface area contributed by atoms with Gasteiger partial charge in [-0.05, 0) is 47.7 Å². The normalized spacial score (nSPS) is 26.8. The molecule has 120 valence electrons. The van der Waals surface area contributed by atoms with Crippen molar-refractivity contribution >= 4 is 39.0 Å². The summed E-state index contributed by atoms with van der Waals surface area (Å²) < 4.78 is 0.982. The second-order valence-corrected chi connectivity index (χ2v) is 8.66. The highest BCUT2D eigenvalue weighted by molar-refractivity contribution is 9.11. The van der Waals surface area contributed by atoms with E-state index in [0.717, 1.165) is 60.8 Å². The summed E-state index contributed by atoms with van der Waals surface area (Å²) in [4.78, 5) is 27.3. The lowest BCUT2D eigenvalue weighted by atomic mass is 9.80. The van der Waals surface area contributed by atoms with Crippen molar-refractivity contribution in [1.29, 1.82) is 0 Å². The van der Waals surface area contributed by atoms with Gasteiger partial charge in [-0.1, -0.05) is 19.3 Å². The first-order valence-corrected chi connectivity index (χ1v) is 9.92. The van der Waals surface area contributed by atoms with Crippen LogP contribution in [0.4, 0.5) is 0 Å². The molecule has 1 saturated carbocycles. The molecule has 2 fully saturated rings. The third kappa shape index (κ3) is 3.46. The summed E-state index contributed by atoms with van der Waals surface area (Å²) in [5.41, 5.74) is 0.757. The number of carbonyl (C=O) groups excluding carboxylic acids is 2. The molecule has 1 amide bonds. The van der Waals surface area contributed by atoms with E-state index >= 15 is 0 Å². The Hall–Kier alpha value is -0.680. The minimum absolute atomic E-state index is 0.0675. The van der Waals surface area contributed by atoms with E-state index in [1.807, 2.05) is 16.3 Å². The third-order valence-electron chi connectivity index (χ3n) is 4.94. The fraction of sp³-hybridized carbons (Fsp3) is 0.647. The number of hydrogen-bond donors (Lipinski definition) is 0. The van der Waals surface area contributed by atoms with Crippen LogP contribution in [0.1, 0.15) is 61.7 Å². The summed E-state index contributed by atoms with van der Waals surface area (Å²) in [6, 6.07) is 2.01. The van der Waals surface area contributed by atoms with Crippen LogP contribution in [0.5, 0.6) is 0 Å². The van der Waals surface area contributed by atoms with Crippen LogP contribution in [0, 0.1) is 5.92 Å². The second kappa shape index (κ2) is 7.26. The molecule has 0 N–H and O–H groups in total. The fourth-order valence-corrected chi connectivity index (χ4v) is 4.94. The van der Waals surface area contributed by atoms with Crippen LogP contribution in [-0.4, -0.2) is 29.2 Å². The quantitative estimate of drug-likeness (QED) is 0.744. The Morgan fingerprint density at radius 2 is 2.00 bits per heavy atom. The zero-order chi connectivity index (χ0) is 15.5. The van der Waals surface area contributed by atoms with E-state index in [4.69, 9.17) is 0 Å². The maximum absolute atomic E-state index is 12.9. The highest BCUT2D eigenvalue weighted by Crippen LogP contribution is 2.33. The highest BCUT2D eigenvalue weighted by Gasteiger charge is 2.37. The SMILES string of the molecule is O=C1CCCCC1C1CCCCCN1C(=O)c1csc(Br)c1. The molecule has 1 aromatic heterocycles. The van der Waals surface area contributed by atoms with Crippen molar-refractivity contribution in [2.45, 2.75) is 57.4 Å². The summed E-state index contributed by atoms with van der Waals surface area (Å²) in [6.45, 7) is 0.792. The second-order valence-electron chi connectivity index (χ2n) is 6.37. The van der Waals surface area contributed by atoms with E-state index in [0.29, 0.717) is 12.2 Å². The number of Topliss-reactive ketones (excluding diaryl/α,β-unsaturated/α-hetero) is 1. The van der Waals surface area contributed by atoms with Gasteiger partial charge >= 0.3 is 0 Å². The van der Waals surface area contributed by atoms with Crippen LogP contribution < -0.4 is 0 Å². The van der Waals surface area contributed by atoms with Gasteiger partial charge in [0.05, 0.1) is 9.35 Å². The summed E-state index contributed by atoms with van der Waals surface area (Å²) in [7, 11) is 0. The molecule has 1 aliphatic carbocycles. The number of likely N-dealkylation sites (tertiary alicyclic amines) is 1. The van der Waals surface area contributed by atoms with Crippen molar-refractivity contribution in [3.63, 3.8) is 0 Å². The van der Waals surface area contributed by atoms with Gasteiger partial charge in [0.1, 0.15) is 5.78 Å². The topological polar surface area (TPSA) is 37.4 Å². The summed E-state index contributed by atoms with van der Waals surface area (Å²) in [6.07, 6.45) is 8.13. The lowest BCUT2D eigenvalue weighted by Crippen LogP contribution is -2.47. The molecule has 1 aromatic rings. The monoisotopic (exact) mass is 383 g/mol. The van der Waals surface area contributed by atoms with Gasteiger partial charge in [-0.3, -0.25) is 9.59 Å². The lowest BCUT2D eigenvalue weighted by molar-refractivity contribution is -0.126. The Morgan fingerprint density at radius 1 is 1.18 bits per heavy atom. The van der Waals surface area contributed by atoms with Crippen LogP contribution in [-0.2, 0) is 4.79 Å². The van der Waals surface area contributed by atoms with Crippen molar-refractivity contribution in [3.05, 3.63) is 20.8 Å². The zero-order valence-electron chi connectivity index (χ0n) is 12.7. The lowest BCUT2D eigenvalue weighted by Gasteiger charge is -2.37. The number of ketones is 1. The molecule has 1 aliphatic heterocycles. The Balaban J connectivity index is 1.84. The molecule has 2 atom stereocenters. The molecule has 3 rings (SSSR count). The van der Waals surface area contributed by atoms with Crippen LogP contribution >= 0.6 is 27.3 Å². The number of rotatable bonds is 2. The molecule has 0 bridgehead atoms. The number of amides is 1. The maximum Gasteiger partial charge on any atom is 0.255 e. The van der Waals surface area contributed by atoms with E-state index < -0.39 is 0 Å². The van der Waals surface area contributed by atoms with Gasteiger partial charge in [0.2, 0.25) is 0 Å². The average molecular weight is 384 g/mol. The summed E-state index contributed by atoms with van der Waals surface area (Å²) in [5.74, 6) is 0.549. The number of carbonyl (C=O) groups is 2. The van der Waals surface area contributed by atoms with Crippen molar-refractivity contribution in [2.75, 3.05) is 6.54 Å². The molecule has 0 aromatic carbocycles. The Labute approximate surface area is 144 Å². The molecule has 1 saturated heterocycles. The third-order valence-corrected chi connectivity index (χ3v) is 6.45. The molecular formula is C17H22BrNO2S. The van der Waals surface area contributed by atoms with Gasteiger partial charge in [-0.15, -0.1) is 11.3 Å². The van der Waals surface area contributed by atoms with E-state index in [1.165, 1.54) is 0 Å². The van der Waals surface area contributed by atoms with Gasteiger partial charge in [-0.25, -0.2) is 0 Å². The highest BCUT2D eigenvalue weighted by atomic mass is 79.9. The minimum Gasteiger partial charge on any atom is -0.335 e. The van der Waals surface area contributed by atoms with Gasteiger partial charge in [-0.2, -0.15) is 0 Å². The molecule has 22 heavy (non-hydrogen) atoms. The average Bonchev–Trinajstić information content (AvgIpc) is 2.81.